The van der Waals surface area contributed by atoms with Crippen molar-refractivity contribution < 1.29 is 17.9 Å². The van der Waals surface area contributed by atoms with Crippen molar-refractivity contribution in [3.05, 3.63) is 53.0 Å². The molecule has 0 spiro atoms. The Morgan fingerprint density at radius 1 is 1.22 bits per heavy atom. The lowest BCUT2D eigenvalue weighted by Crippen LogP contribution is -2.15. The fraction of sp³-hybridized carbons (Fsp3) is 0.231. The zero-order valence-electron chi connectivity index (χ0n) is 10.0. The van der Waals surface area contributed by atoms with Gasteiger partial charge in [0.25, 0.3) is 0 Å². The highest BCUT2D eigenvalue weighted by atomic mass is 19.1. The number of furan rings is 1. The van der Waals surface area contributed by atoms with Gasteiger partial charge in [-0.05, 0) is 13.0 Å². The molecule has 18 heavy (non-hydrogen) atoms. The van der Waals surface area contributed by atoms with Crippen LogP contribution in [0.5, 0.6) is 5.75 Å². The summed E-state index contributed by atoms with van der Waals surface area (Å²) >= 11 is 0. The Bertz CT molecular complexity index is 543. The van der Waals surface area contributed by atoms with Crippen LogP contribution in [0.3, 0.4) is 0 Å². The van der Waals surface area contributed by atoms with Crippen LogP contribution in [-0.4, -0.2) is 7.11 Å². The van der Waals surface area contributed by atoms with Gasteiger partial charge in [0.15, 0.2) is 0 Å². The van der Waals surface area contributed by atoms with Crippen molar-refractivity contribution in [2.24, 2.45) is 5.73 Å². The molecular weight excluding hydrogens is 240 g/mol. The number of halogens is 2. The number of methoxy groups -OCH3 is 1. The molecule has 0 aliphatic heterocycles. The lowest BCUT2D eigenvalue weighted by molar-refractivity contribution is 0.404. The highest BCUT2D eigenvalue weighted by molar-refractivity contribution is 5.37. The largest absolute Gasteiger partial charge is 0.497 e. The summed E-state index contributed by atoms with van der Waals surface area (Å²) in [6, 6.07) is 2.94. The summed E-state index contributed by atoms with van der Waals surface area (Å²) in [5.41, 5.74) is 6.17. The van der Waals surface area contributed by atoms with Gasteiger partial charge in [0.1, 0.15) is 23.1 Å². The molecule has 1 heterocycles. The van der Waals surface area contributed by atoms with E-state index in [1.165, 1.54) is 13.4 Å². The van der Waals surface area contributed by atoms with Gasteiger partial charge in [-0.3, -0.25) is 0 Å². The zero-order valence-corrected chi connectivity index (χ0v) is 10.0. The average molecular weight is 253 g/mol. The van der Waals surface area contributed by atoms with Crippen molar-refractivity contribution in [1.82, 2.24) is 0 Å². The highest BCUT2D eigenvalue weighted by Crippen LogP contribution is 2.29. The van der Waals surface area contributed by atoms with Crippen LogP contribution in [0.15, 0.2) is 28.9 Å². The topological polar surface area (TPSA) is 48.4 Å². The quantitative estimate of drug-likeness (QED) is 0.914. The van der Waals surface area contributed by atoms with E-state index in [2.05, 4.69) is 0 Å². The van der Waals surface area contributed by atoms with Crippen LogP contribution >= 0.6 is 0 Å². The third-order valence-corrected chi connectivity index (χ3v) is 2.71. The standard InChI is InChI=1S/C13H13F2NO2/c1-7-3-8(6-18-7)13(16)12-10(14)4-9(17-2)5-11(12)15/h3-6,13H,16H2,1-2H3. The maximum absolute atomic E-state index is 13.8. The first-order valence-electron chi connectivity index (χ1n) is 5.36. The van der Waals surface area contributed by atoms with E-state index in [1.807, 2.05) is 0 Å². The summed E-state index contributed by atoms with van der Waals surface area (Å²) in [6.45, 7) is 1.73. The van der Waals surface area contributed by atoms with E-state index in [-0.39, 0.29) is 11.3 Å². The summed E-state index contributed by atoms with van der Waals surface area (Å²) < 4.78 is 37.5. The molecule has 1 aromatic carbocycles. The monoisotopic (exact) mass is 253 g/mol. The molecule has 0 bridgehead atoms. The minimum Gasteiger partial charge on any atom is -0.497 e. The summed E-state index contributed by atoms with van der Waals surface area (Å²) in [4.78, 5) is 0. The molecule has 0 aliphatic carbocycles. The van der Waals surface area contributed by atoms with Crippen LogP contribution in [0, 0.1) is 18.6 Å². The molecule has 2 aromatic rings. The second kappa shape index (κ2) is 4.78. The normalized spacial score (nSPS) is 12.5. The second-order valence-electron chi connectivity index (χ2n) is 3.97. The smallest absolute Gasteiger partial charge is 0.134 e. The first kappa shape index (κ1) is 12.6. The van der Waals surface area contributed by atoms with E-state index in [1.54, 1.807) is 13.0 Å². The lowest BCUT2D eigenvalue weighted by Gasteiger charge is -2.13. The molecule has 1 aromatic heterocycles. The minimum absolute atomic E-state index is 0.115. The van der Waals surface area contributed by atoms with Gasteiger partial charge in [0, 0.05) is 23.3 Å². The predicted octanol–water partition coefficient (Wildman–Crippen LogP) is 2.92. The fourth-order valence-electron chi connectivity index (χ4n) is 1.77. The first-order valence-corrected chi connectivity index (χ1v) is 5.36. The van der Waals surface area contributed by atoms with Gasteiger partial charge in [0.2, 0.25) is 0 Å². The third kappa shape index (κ3) is 2.22. The SMILES string of the molecule is COc1cc(F)c(C(N)c2coc(C)c2)c(F)c1. The Labute approximate surface area is 103 Å². The Morgan fingerprint density at radius 2 is 1.83 bits per heavy atom. The van der Waals surface area contributed by atoms with Crippen LogP contribution in [0.4, 0.5) is 8.78 Å². The molecule has 96 valence electrons. The number of hydrogen-bond acceptors (Lipinski definition) is 3. The van der Waals surface area contributed by atoms with Crippen molar-refractivity contribution >= 4 is 0 Å². The van der Waals surface area contributed by atoms with Crippen LogP contribution in [0.1, 0.15) is 22.9 Å². The van der Waals surface area contributed by atoms with E-state index in [0.717, 1.165) is 12.1 Å². The molecule has 0 saturated heterocycles. The molecule has 0 radical (unpaired) electrons. The molecule has 0 saturated carbocycles. The van der Waals surface area contributed by atoms with Crippen LogP contribution in [-0.2, 0) is 0 Å². The predicted molar refractivity (Wildman–Crippen MR) is 62.4 cm³/mol. The van der Waals surface area contributed by atoms with Crippen LogP contribution in [0.25, 0.3) is 0 Å². The number of ether oxygens (including phenoxy) is 1. The van der Waals surface area contributed by atoms with Crippen LogP contribution in [0.2, 0.25) is 0 Å². The fourth-order valence-corrected chi connectivity index (χ4v) is 1.77. The maximum atomic E-state index is 13.8. The molecular formula is C13H13F2NO2. The molecule has 3 nitrogen and oxygen atoms in total. The van der Waals surface area contributed by atoms with E-state index in [4.69, 9.17) is 14.9 Å². The van der Waals surface area contributed by atoms with Crippen molar-refractivity contribution in [3.63, 3.8) is 0 Å². The summed E-state index contributed by atoms with van der Waals surface area (Å²) in [5.74, 6) is -0.726. The Kier molecular flexibility index (Phi) is 3.34. The van der Waals surface area contributed by atoms with Gasteiger partial charge in [-0.2, -0.15) is 0 Å². The molecule has 2 rings (SSSR count). The third-order valence-electron chi connectivity index (χ3n) is 2.71. The van der Waals surface area contributed by atoms with Crippen molar-refractivity contribution in [2.75, 3.05) is 7.11 Å². The van der Waals surface area contributed by atoms with Gasteiger partial charge < -0.3 is 14.9 Å². The van der Waals surface area contributed by atoms with Crippen LogP contribution < -0.4 is 10.5 Å². The van der Waals surface area contributed by atoms with Gasteiger partial charge >= 0.3 is 0 Å². The van der Waals surface area contributed by atoms with E-state index in [9.17, 15) is 8.78 Å². The molecule has 0 fully saturated rings. The van der Waals surface area contributed by atoms with Gasteiger partial charge in [-0.25, -0.2) is 8.78 Å². The summed E-state index contributed by atoms with van der Waals surface area (Å²) in [7, 11) is 1.34. The number of rotatable bonds is 3. The zero-order chi connectivity index (χ0) is 13.3. The second-order valence-corrected chi connectivity index (χ2v) is 3.97. The van der Waals surface area contributed by atoms with E-state index in [0.29, 0.717) is 11.3 Å². The number of benzene rings is 1. The van der Waals surface area contributed by atoms with Crippen molar-refractivity contribution in [2.45, 2.75) is 13.0 Å². The average Bonchev–Trinajstić information content (AvgIpc) is 2.74. The molecule has 0 amide bonds. The Hall–Kier alpha value is -1.88. The first-order chi connectivity index (χ1) is 8.52. The molecule has 1 atom stereocenters. The molecule has 0 aliphatic rings. The summed E-state index contributed by atoms with van der Waals surface area (Å²) in [6.07, 6.45) is 1.39. The minimum atomic E-state index is -0.909. The molecule has 2 N–H and O–H groups in total. The maximum Gasteiger partial charge on any atom is 0.134 e. The number of hydrogen-bond donors (Lipinski definition) is 1. The number of nitrogens with two attached hydrogens (primary N) is 1. The highest BCUT2D eigenvalue weighted by Gasteiger charge is 2.21. The number of aryl methyl sites for hydroxylation is 1. The Morgan fingerprint density at radius 3 is 2.28 bits per heavy atom. The van der Waals surface area contributed by atoms with Gasteiger partial charge in [0.05, 0.1) is 19.4 Å². The van der Waals surface area contributed by atoms with Gasteiger partial charge in [-0.15, -0.1) is 0 Å². The molecule has 5 heteroatoms. The van der Waals surface area contributed by atoms with E-state index >= 15 is 0 Å². The van der Waals surface area contributed by atoms with Crippen molar-refractivity contribution in [1.29, 1.82) is 0 Å². The van der Waals surface area contributed by atoms with Gasteiger partial charge in [-0.1, -0.05) is 0 Å². The van der Waals surface area contributed by atoms with Crippen molar-refractivity contribution in [3.8, 4) is 5.75 Å². The Balaban J connectivity index is 2.44. The summed E-state index contributed by atoms with van der Waals surface area (Å²) in [5, 5.41) is 0. The lowest BCUT2D eigenvalue weighted by atomic mass is 10.0. The van der Waals surface area contributed by atoms with E-state index < -0.39 is 17.7 Å². The molecule has 1 unspecified atom stereocenters.